The molecule has 6 fully saturated rings. The van der Waals surface area contributed by atoms with E-state index in [0.717, 1.165) is 63.4 Å². The van der Waals surface area contributed by atoms with Gasteiger partial charge in [-0.15, -0.1) is 0 Å². The minimum atomic E-state index is -1.53. The summed E-state index contributed by atoms with van der Waals surface area (Å²) in [6.07, 6.45) is 1.91. The van der Waals surface area contributed by atoms with E-state index in [1.54, 1.807) is 13.2 Å². The molecule has 0 aromatic carbocycles. The highest BCUT2D eigenvalue weighted by molar-refractivity contribution is 5.85. The summed E-state index contributed by atoms with van der Waals surface area (Å²) in [6.45, 7) is 6.40. The summed E-state index contributed by atoms with van der Waals surface area (Å²) in [5.41, 5.74) is 0.221. The fourth-order valence-electron chi connectivity index (χ4n) is 11.6. The van der Waals surface area contributed by atoms with Crippen molar-refractivity contribution in [3.8, 4) is 0 Å². The number of aliphatic hydroxyl groups excluding tert-OH is 4. The molecule has 0 unspecified atom stereocenters. The molecule has 12 nitrogen and oxygen atoms in total. The van der Waals surface area contributed by atoms with Crippen LogP contribution in [-0.4, -0.2) is 119 Å². The third kappa shape index (κ3) is 5.61. The van der Waals surface area contributed by atoms with Gasteiger partial charge in [0.15, 0.2) is 12.6 Å². The van der Waals surface area contributed by atoms with E-state index >= 15 is 0 Å². The first-order valence-corrected chi connectivity index (χ1v) is 18.2. The molecule has 3 heterocycles. The Labute approximate surface area is 283 Å². The Balaban J connectivity index is 0.971. The number of esters is 1. The predicted octanol–water partition coefficient (Wildman–Crippen LogP) is 1.96. The van der Waals surface area contributed by atoms with E-state index in [9.17, 15) is 30.3 Å². The van der Waals surface area contributed by atoms with Crippen molar-refractivity contribution >= 4 is 5.97 Å². The number of hydrogen-bond donors (Lipinski definition) is 5. The fourth-order valence-corrected chi connectivity index (χ4v) is 11.6. The molecule has 0 spiro atoms. The summed E-state index contributed by atoms with van der Waals surface area (Å²) in [5.74, 6) is 1.14. The van der Waals surface area contributed by atoms with Gasteiger partial charge in [-0.2, -0.15) is 0 Å². The number of hydrogen-bond acceptors (Lipinski definition) is 12. The van der Waals surface area contributed by atoms with Crippen molar-refractivity contribution < 1.29 is 58.7 Å². The molecule has 0 radical (unpaired) electrons. The fraction of sp³-hybridized carbons (Fsp3) is 0.917. The Hall–Kier alpha value is -1.19. The molecule has 2 saturated heterocycles. The van der Waals surface area contributed by atoms with E-state index < -0.39 is 67.5 Å². The molecule has 0 aromatic heterocycles. The van der Waals surface area contributed by atoms with Crippen LogP contribution in [0.15, 0.2) is 11.6 Å². The highest BCUT2D eigenvalue weighted by Gasteiger charge is 2.67. The molecule has 7 aliphatic rings. The average Bonchev–Trinajstić information content (AvgIpc) is 3.61. The van der Waals surface area contributed by atoms with Gasteiger partial charge >= 0.3 is 5.97 Å². The van der Waals surface area contributed by atoms with Gasteiger partial charge in [-0.1, -0.05) is 13.8 Å². The van der Waals surface area contributed by atoms with Gasteiger partial charge in [0.25, 0.3) is 0 Å². The van der Waals surface area contributed by atoms with Crippen molar-refractivity contribution in [3.63, 3.8) is 0 Å². The third-order valence-corrected chi connectivity index (χ3v) is 14.3. The number of fused-ring (bicyclic) bond motifs is 5. The second-order valence-electron chi connectivity index (χ2n) is 16.4. The quantitative estimate of drug-likeness (QED) is 0.196. The van der Waals surface area contributed by atoms with E-state index in [1.165, 1.54) is 0 Å². The summed E-state index contributed by atoms with van der Waals surface area (Å²) in [4.78, 5) is 11.9. The molecule has 3 aliphatic heterocycles. The number of ether oxygens (including phenoxy) is 6. The average molecular weight is 681 g/mol. The Kier molecular flexibility index (Phi) is 9.61. The number of aliphatic hydroxyl groups is 5. The van der Waals surface area contributed by atoms with Crippen molar-refractivity contribution in [1.29, 1.82) is 0 Å². The van der Waals surface area contributed by atoms with Crippen LogP contribution in [0, 0.1) is 34.5 Å². The first-order chi connectivity index (χ1) is 22.8. The van der Waals surface area contributed by atoms with Gasteiger partial charge in [0.2, 0.25) is 0 Å². The lowest BCUT2D eigenvalue weighted by atomic mass is 9.43. The van der Waals surface area contributed by atoms with Crippen molar-refractivity contribution in [2.24, 2.45) is 34.5 Å². The molecule has 0 bridgehead atoms. The highest BCUT2D eigenvalue weighted by atomic mass is 16.7. The van der Waals surface area contributed by atoms with Gasteiger partial charge in [0, 0.05) is 25.0 Å². The minimum Gasteiger partial charge on any atom is -0.458 e. The summed E-state index contributed by atoms with van der Waals surface area (Å²) >= 11 is 0. The monoisotopic (exact) mass is 680 g/mol. The molecule has 5 N–H and O–H groups in total. The molecule has 0 aromatic rings. The smallest absolute Gasteiger partial charge is 0.331 e. The molecule has 272 valence electrons. The van der Waals surface area contributed by atoms with Crippen LogP contribution in [0.2, 0.25) is 0 Å². The number of carbonyl (C=O) groups is 1. The van der Waals surface area contributed by atoms with Crippen molar-refractivity contribution in [3.05, 3.63) is 11.6 Å². The molecule has 4 saturated carbocycles. The maximum absolute atomic E-state index is 12.5. The van der Waals surface area contributed by atoms with E-state index in [0.29, 0.717) is 24.9 Å². The van der Waals surface area contributed by atoms with E-state index in [2.05, 4.69) is 13.8 Å². The van der Waals surface area contributed by atoms with Crippen LogP contribution < -0.4 is 0 Å². The van der Waals surface area contributed by atoms with Crippen molar-refractivity contribution in [2.75, 3.05) is 20.3 Å². The third-order valence-electron chi connectivity index (χ3n) is 14.3. The molecule has 4 aliphatic carbocycles. The van der Waals surface area contributed by atoms with Gasteiger partial charge in [0.1, 0.15) is 37.1 Å². The number of cyclic esters (lactones) is 1. The maximum atomic E-state index is 12.5. The molecule has 48 heavy (non-hydrogen) atoms. The van der Waals surface area contributed by atoms with Crippen LogP contribution in [0.4, 0.5) is 0 Å². The molecule has 7 rings (SSSR count). The molecule has 0 amide bonds. The molecule has 17 atom stereocenters. The van der Waals surface area contributed by atoms with Gasteiger partial charge in [-0.25, -0.2) is 4.79 Å². The maximum Gasteiger partial charge on any atom is 0.331 e. The highest BCUT2D eigenvalue weighted by Crippen LogP contribution is 2.70. The molecular weight excluding hydrogens is 624 g/mol. The SMILES string of the molecule is CO[C@@H]1C[C@H](O[C@H]2CC[C@@]3(C)[C@@H](CC[C@@H]4[C@@H]3CC[C@]3(C)[C@@H](C5=CC(=O)OC5)CC[C@]43O)C2)O[C@H](C)[C@@H]1O[C@@H]1O[C@H](CO)[C@@H](O)[C@H](O)[C@H]1O. The Bertz CT molecular complexity index is 1230. The van der Waals surface area contributed by atoms with Crippen LogP contribution >= 0.6 is 0 Å². The number of carbonyl (C=O) groups excluding carboxylic acids is 1. The largest absolute Gasteiger partial charge is 0.458 e. The summed E-state index contributed by atoms with van der Waals surface area (Å²) in [5, 5.41) is 52.9. The van der Waals surface area contributed by atoms with Crippen LogP contribution in [0.25, 0.3) is 0 Å². The second kappa shape index (κ2) is 13.1. The number of rotatable bonds is 7. The first-order valence-electron chi connectivity index (χ1n) is 18.2. The normalized spacial score (nSPS) is 53.8. The second-order valence-corrected chi connectivity index (χ2v) is 16.4. The predicted molar refractivity (Wildman–Crippen MR) is 169 cm³/mol. The zero-order chi connectivity index (χ0) is 34.2. The Morgan fingerprint density at radius 3 is 2.42 bits per heavy atom. The number of methoxy groups -OCH3 is 1. The van der Waals surface area contributed by atoms with Crippen LogP contribution in [0.1, 0.15) is 85.0 Å². The summed E-state index contributed by atoms with van der Waals surface area (Å²) in [6, 6.07) is 0. The summed E-state index contributed by atoms with van der Waals surface area (Å²) < 4.78 is 35.6. The lowest BCUT2D eigenvalue weighted by molar-refractivity contribution is -0.345. The summed E-state index contributed by atoms with van der Waals surface area (Å²) in [7, 11) is 1.58. The van der Waals surface area contributed by atoms with E-state index in [4.69, 9.17) is 28.4 Å². The van der Waals surface area contributed by atoms with Crippen LogP contribution in [0.5, 0.6) is 0 Å². The topological polar surface area (TPSA) is 174 Å². The molecule has 12 heteroatoms. The van der Waals surface area contributed by atoms with Crippen LogP contribution in [0.3, 0.4) is 0 Å². The first kappa shape index (κ1) is 35.2. The van der Waals surface area contributed by atoms with E-state index in [-0.39, 0.29) is 34.7 Å². The van der Waals surface area contributed by atoms with E-state index in [1.807, 2.05) is 6.92 Å². The van der Waals surface area contributed by atoms with Crippen molar-refractivity contribution in [1.82, 2.24) is 0 Å². The zero-order valence-electron chi connectivity index (χ0n) is 28.7. The Morgan fingerprint density at radius 2 is 1.71 bits per heavy atom. The Morgan fingerprint density at radius 1 is 0.917 bits per heavy atom. The van der Waals surface area contributed by atoms with Crippen molar-refractivity contribution in [2.45, 2.75) is 152 Å². The lowest BCUT2D eigenvalue weighted by Gasteiger charge is -2.64. The minimum absolute atomic E-state index is 0.0388. The lowest BCUT2D eigenvalue weighted by Crippen LogP contribution is -2.62. The molecular formula is C36H56O12. The van der Waals surface area contributed by atoms with Gasteiger partial charge in [-0.05, 0) is 99.4 Å². The van der Waals surface area contributed by atoms with Crippen LogP contribution in [-0.2, 0) is 33.2 Å². The van der Waals surface area contributed by atoms with Gasteiger partial charge in [-0.3, -0.25) is 0 Å². The van der Waals surface area contributed by atoms with Gasteiger partial charge < -0.3 is 54.0 Å². The van der Waals surface area contributed by atoms with Gasteiger partial charge in [0.05, 0.1) is 30.5 Å². The zero-order valence-corrected chi connectivity index (χ0v) is 28.7. The standard InChI is InChI=1S/C36H56O12/c1-18-32(48-33-31(41)30(40)29(39)26(16-37)47-33)25(43-4)15-28(45-18)46-21-7-10-34(2)20(14-21)5-6-24-23(34)8-11-35(3)22(9-12-36(24,35)42)19-13-27(38)44-17-19/h13,18,20-26,28-33,37,39-42H,5-12,14-17H2,1-4H3/t18-,20+,21+,22-,23+,24-,25-,26-,28+,29-,30+,31-,32+,33+,34+,35-,36+/m1/s1.